The Morgan fingerprint density at radius 1 is 1.04 bits per heavy atom. The van der Waals surface area contributed by atoms with E-state index in [0.717, 1.165) is 44.0 Å². The van der Waals surface area contributed by atoms with Crippen molar-refractivity contribution in [1.82, 2.24) is 0 Å². The van der Waals surface area contributed by atoms with E-state index < -0.39 is 0 Å². The van der Waals surface area contributed by atoms with Crippen LogP contribution in [0, 0.1) is 6.92 Å². The average molecular weight is 349 g/mol. The molecule has 0 radical (unpaired) electrons. The van der Waals surface area contributed by atoms with E-state index in [2.05, 4.69) is 65.3 Å². The van der Waals surface area contributed by atoms with Crippen molar-refractivity contribution in [2.75, 3.05) is 38.2 Å². The number of ether oxygens (including phenoxy) is 1. The van der Waals surface area contributed by atoms with Crippen LogP contribution in [0.2, 0.25) is 0 Å². The minimum absolute atomic E-state index is 0.891. The van der Waals surface area contributed by atoms with Crippen LogP contribution in [0.5, 0.6) is 5.75 Å². The van der Waals surface area contributed by atoms with Crippen molar-refractivity contribution in [2.45, 2.75) is 13.5 Å². The number of rotatable bonds is 4. The Morgan fingerprint density at radius 2 is 1.81 bits per heavy atom. The zero-order valence-electron chi connectivity index (χ0n) is 15.6. The molecular weight excluding hydrogens is 322 g/mol. The summed E-state index contributed by atoms with van der Waals surface area (Å²) in [7, 11) is 1.71. The van der Waals surface area contributed by atoms with E-state index in [0.29, 0.717) is 0 Å². The second-order valence-electron chi connectivity index (χ2n) is 7.15. The van der Waals surface area contributed by atoms with Gasteiger partial charge in [-0.15, -0.1) is 0 Å². The lowest BCUT2D eigenvalue weighted by molar-refractivity contribution is -0.914. The maximum absolute atomic E-state index is 5.38. The number of hydrogen-bond acceptors (Lipinski definition) is 2. The maximum atomic E-state index is 5.38. The SMILES string of the molecule is COc1ccc2c(C)cc(N3CC[NH+](Cc4ccccc4)CC3)[nH+]c2c1. The number of methoxy groups -OCH3 is 1. The molecule has 0 aliphatic carbocycles. The number of hydrogen-bond donors (Lipinski definition) is 1. The van der Waals surface area contributed by atoms with Crippen LogP contribution in [0.25, 0.3) is 10.9 Å². The van der Waals surface area contributed by atoms with Crippen molar-refractivity contribution in [1.29, 1.82) is 0 Å². The number of pyridine rings is 1. The molecule has 4 nitrogen and oxygen atoms in total. The topological polar surface area (TPSA) is 31.1 Å². The first-order chi connectivity index (χ1) is 12.7. The van der Waals surface area contributed by atoms with Crippen LogP contribution < -0.4 is 19.5 Å². The summed E-state index contributed by atoms with van der Waals surface area (Å²) in [6.45, 7) is 7.78. The van der Waals surface area contributed by atoms with Crippen LogP contribution in [0.4, 0.5) is 5.82 Å². The van der Waals surface area contributed by atoms with Gasteiger partial charge in [-0.1, -0.05) is 30.3 Å². The molecule has 1 saturated heterocycles. The maximum Gasteiger partial charge on any atom is 0.275 e. The standard InChI is InChI=1S/C22H25N3O/c1-17-14-22(23-21-15-19(26-2)8-9-20(17)21)25-12-10-24(11-13-25)16-18-6-4-3-5-7-18/h3-9,14-15H,10-13,16H2,1-2H3/p+2. The third-order valence-electron chi connectivity index (χ3n) is 5.38. The Hall–Kier alpha value is -2.59. The Bertz CT molecular complexity index is 887. The van der Waals surface area contributed by atoms with Gasteiger partial charge in [-0.3, -0.25) is 4.90 Å². The van der Waals surface area contributed by atoms with Crippen molar-refractivity contribution in [3.05, 3.63) is 65.7 Å². The number of nitrogens with zero attached hydrogens (tertiary/aromatic N) is 1. The molecule has 134 valence electrons. The summed E-state index contributed by atoms with van der Waals surface area (Å²) in [6, 6.07) is 19.3. The number of anilines is 1. The number of aromatic amines is 1. The highest BCUT2D eigenvalue weighted by Crippen LogP contribution is 2.23. The Balaban J connectivity index is 1.48. The number of piperazine rings is 1. The Labute approximate surface area is 155 Å². The second kappa shape index (κ2) is 7.34. The smallest absolute Gasteiger partial charge is 0.275 e. The van der Waals surface area contributed by atoms with E-state index in [1.807, 2.05) is 6.07 Å². The molecule has 1 aliphatic heterocycles. The van der Waals surface area contributed by atoms with Crippen molar-refractivity contribution in [2.24, 2.45) is 0 Å². The first-order valence-electron chi connectivity index (χ1n) is 9.36. The third-order valence-corrected chi connectivity index (χ3v) is 5.38. The molecule has 2 aromatic carbocycles. The summed E-state index contributed by atoms with van der Waals surface area (Å²) in [4.78, 5) is 7.74. The zero-order chi connectivity index (χ0) is 17.9. The number of nitrogens with one attached hydrogen (secondary N) is 2. The quantitative estimate of drug-likeness (QED) is 0.780. The van der Waals surface area contributed by atoms with Crippen LogP contribution >= 0.6 is 0 Å². The first-order valence-corrected chi connectivity index (χ1v) is 9.36. The van der Waals surface area contributed by atoms with Crippen LogP contribution in [0.3, 0.4) is 0 Å². The van der Waals surface area contributed by atoms with E-state index in [9.17, 15) is 0 Å². The first kappa shape index (κ1) is 16.9. The van der Waals surface area contributed by atoms with Gasteiger partial charge in [0, 0.05) is 23.1 Å². The molecule has 0 unspecified atom stereocenters. The van der Waals surface area contributed by atoms with Crippen LogP contribution in [-0.2, 0) is 6.54 Å². The number of H-pyrrole nitrogens is 1. The monoisotopic (exact) mass is 349 g/mol. The van der Waals surface area contributed by atoms with E-state index in [-0.39, 0.29) is 0 Å². The van der Waals surface area contributed by atoms with Gasteiger partial charge in [-0.25, -0.2) is 4.98 Å². The minimum Gasteiger partial charge on any atom is -0.497 e. The molecule has 1 aromatic heterocycles. The van der Waals surface area contributed by atoms with Crippen molar-refractivity contribution in [3.63, 3.8) is 0 Å². The average Bonchev–Trinajstić information content (AvgIpc) is 2.69. The molecule has 0 atom stereocenters. The highest BCUT2D eigenvalue weighted by molar-refractivity contribution is 5.81. The van der Waals surface area contributed by atoms with Gasteiger partial charge in [-0.05, 0) is 24.6 Å². The second-order valence-corrected chi connectivity index (χ2v) is 7.15. The summed E-state index contributed by atoms with van der Waals surface area (Å²) in [5.74, 6) is 2.10. The van der Waals surface area contributed by atoms with Gasteiger partial charge in [-0.2, -0.15) is 0 Å². The van der Waals surface area contributed by atoms with Gasteiger partial charge in [0.1, 0.15) is 44.0 Å². The summed E-state index contributed by atoms with van der Waals surface area (Å²) in [5, 5.41) is 1.25. The molecule has 2 N–H and O–H groups in total. The molecular formula is C22H27N3O+2. The van der Waals surface area contributed by atoms with Gasteiger partial charge in [0.15, 0.2) is 0 Å². The van der Waals surface area contributed by atoms with Gasteiger partial charge < -0.3 is 9.64 Å². The highest BCUT2D eigenvalue weighted by Gasteiger charge is 2.26. The molecule has 0 saturated carbocycles. The van der Waals surface area contributed by atoms with E-state index in [4.69, 9.17) is 4.74 Å². The van der Waals surface area contributed by atoms with Crippen LogP contribution in [-0.4, -0.2) is 33.3 Å². The fourth-order valence-electron chi connectivity index (χ4n) is 3.85. The molecule has 1 fully saturated rings. The molecule has 4 rings (SSSR count). The van der Waals surface area contributed by atoms with Crippen LogP contribution in [0.15, 0.2) is 54.6 Å². The molecule has 2 heterocycles. The molecule has 26 heavy (non-hydrogen) atoms. The largest absolute Gasteiger partial charge is 0.497 e. The molecule has 0 amide bonds. The van der Waals surface area contributed by atoms with Crippen LogP contribution in [0.1, 0.15) is 11.1 Å². The minimum atomic E-state index is 0.891. The summed E-state index contributed by atoms with van der Waals surface area (Å²) < 4.78 is 5.38. The molecule has 1 aliphatic rings. The number of aromatic nitrogens is 1. The Kier molecular flexibility index (Phi) is 4.76. The third kappa shape index (κ3) is 3.51. The lowest BCUT2D eigenvalue weighted by atomic mass is 10.1. The van der Waals surface area contributed by atoms with Gasteiger partial charge >= 0.3 is 0 Å². The highest BCUT2D eigenvalue weighted by atomic mass is 16.5. The number of benzene rings is 2. The predicted octanol–water partition coefficient (Wildman–Crippen LogP) is 1.88. The Morgan fingerprint density at radius 3 is 2.54 bits per heavy atom. The van der Waals surface area contributed by atoms with E-state index in [1.54, 1.807) is 12.0 Å². The fraction of sp³-hybridized carbons (Fsp3) is 0.318. The summed E-state index contributed by atoms with van der Waals surface area (Å²) >= 11 is 0. The number of quaternary nitrogens is 1. The van der Waals surface area contributed by atoms with Gasteiger partial charge in [0.25, 0.3) is 5.82 Å². The van der Waals surface area contributed by atoms with Crippen molar-refractivity contribution in [3.8, 4) is 5.75 Å². The van der Waals surface area contributed by atoms with Gasteiger partial charge in [0.05, 0.1) is 7.11 Å². The predicted molar refractivity (Wildman–Crippen MR) is 105 cm³/mol. The zero-order valence-corrected chi connectivity index (χ0v) is 15.6. The molecule has 4 heteroatoms. The number of aryl methyl sites for hydroxylation is 1. The molecule has 3 aromatic rings. The van der Waals surface area contributed by atoms with E-state index >= 15 is 0 Å². The van der Waals surface area contributed by atoms with E-state index in [1.165, 1.54) is 22.3 Å². The van der Waals surface area contributed by atoms with Crippen molar-refractivity contribution >= 4 is 16.7 Å². The summed E-state index contributed by atoms with van der Waals surface area (Å²) in [5.41, 5.74) is 3.87. The lowest BCUT2D eigenvalue weighted by Crippen LogP contribution is -3.13. The van der Waals surface area contributed by atoms with Gasteiger partial charge in [0.2, 0.25) is 0 Å². The summed E-state index contributed by atoms with van der Waals surface area (Å²) in [6.07, 6.45) is 0. The lowest BCUT2D eigenvalue weighted by Gasteiger charge is -2.28. The van der Waals surface area contributed by atoms with Crippen molar-refractivity contribution < 1.29 is 14.6 Å². The molecule has 0 spiro atoms. The normalized spacial score (nSPS) is 15.4. The fourth-order valence-corrected chi connectivity index (χ4v) is 3.85. The number of fused-ring (bicyclic) bond motifs is 1. The molecule has 0 bridgehead atoms.